The Balaban J connectivity index is 1.59. The molecule has 1 amide bonds. The smallest absolute Gasteiger partial charge is 0.348 e. The van der Waals surface area contributed by atoms with Crippen LogP contribution in [-0.4, -0.2) is 46.0 Å². The van der Waals surface area contributed by atoms with E-state index < -0.39 is 23.8 Å². The van der Waals surface area contributed by atoms with E-state index in [0.29, 0.717) is 28.9 Å². The number of rotatable bonds is 5. The number of halogens is 1. The predicted molar refractivity (Wildman–Crippen MR) is 108 cm³/mol. The monoisotopic (exact) mass is 437 g/mol. The van der Waals surface area contributed by atoms with Gasteiger partial charge in [0.2, 0.25) is 5.91 Å². The lowest BCUT2D eigenvalue weighted by Gasteiger charge is -2.29. The van der Waals surface area contributed by atoms with Gasteiger partial charge in [0.25, 0.3) is 0 Å². The van der Waals surface area contributed by atoms with E-state index in [1.165, 1.54) is 6.07 Å². The Hall–Kier alpha value is -2.13. The molecule has 6 nitrogen and oxygen atoms in total. The van der Waals surface area contributed by atoms with Crippen molar-refractivity contribution in [2.24, 2.45) is 0 Å². The highest BCUT2D eigenvalue weighted by molar-refractivity contribution is 8.01. The van der Waals surface area contributed by atoms with Gasteiger partial charge in [-0.05, 0) is 32.4 Å². The second kappa shape index (κ2) is 7.60. The number of hydrogen-bond donors (Lipinski definition) is 0. The van der Waals surface area contributed by atoms with Crippen molar-refractivity contribution < 1.29 is 28.2 Å². The summed E-state index contributed by atoms with van der Waals surface area (Å²) in [6.45, 7) is 3.57. The lowest BCUT2D eigenvalue weighted by atomic mass is 10.1. The molecule has 4 rings (SSSR count). The fourth-order valence-electron chi connectivity index (χ4n) is 3.90. The first-order valence-corrected chi connectivity index (χ1v) is 11.2. The maximum absolute atomic E-state index is 14.5. The van der Waals surface area contributed by atoms with Gasteiger partial charge in [-0.3, -0.25) is 4.79 Å². The Morgan fingerprint density at radius 3 is 2.90 bits per heavy atom. The Labute approximate surface area is 175 Å². The Morgan fingerprint density at radius 2 is 2.14 bits per heavy atom. The normalized spacial score (nSPS) is 23.5. The van der Waals surface area contributed by atoms with Crippen molar-refractivity contribution in [2.45, 2.75) is 44.2 Å². The molecule has 2 atom stereocenters. The number of esters is 2. The van der Waals surface area contributed by atoms with E-state index in [-0.39, 0.29) is 34.3 Å². The average molecular weight is 438 g/mol. The van der Waals surface area contributed by atoms with Gasteiger partial charge in [0.1, 0.15) is 23.3 Å². The topological polar surface area (TPSA) is 72.9 Å². The van der Waals surface area contributed by atoms with Crippen LogP contribution in [0.5, 0.6) is 0 Å². The molecule has 0 spiro atoms. The highest BCUT2D eigenvalue weighted by Crippen LogP contribution is 2.47. The van der Waals surface area contributed by atoms with E-state index in [2.05, 4.69) is 0 Å². The third-order valence-electron chi connectivity index (χ3n) is 5.30. The minimum atomic E-state index is -0.666. The van der Waals surface area contributed by atoms with Crippen LogP contribution in [0.1, 0.15) is 41.9 Å². The number of benzene rings is 1. The number of carbonyl (C=O) groups is 3. The van der Waals surface area contributed by atoms with E-state index >= 15 is 0 Å². The van der Waals surface area contributed by atoms with Gasteiger partial charge in [0.05, 0.1) is 11.5 Å². The maximum Gasteiger partial charge on any atom is 0.348 e. The van der Waals surface area contributed by atoms with Crippen LogP contribution in [0.4, 0.5) is 4.39 Å². The van der Waals surface area contributed by atoms with E-state index in [0.717, 1.165) is 11.3 Å². The molecule has 2 aliphatic heterocycles. The molecule has 2 unspecified atom stereocenters. The summed E-state index contributed by atoms with van der Waals surface area (Å²) in [5.74, 6) is -1.19. The van der Waals surface area contributed by atoms with Crippen LogP contribution in [0.15, 0.2) is 18.2 Å². The molecule has 0 saturated carbocycles. The van der Waals surface area contributed by atoms with Gasteiger partial charge in [-0.15, -0.1) is 23.1 Å². The molecule has 0 bridgehead atoms. The second-order valence-corrected chi connectivity index (χ2v) is 9.67. The van der Waals surface area contributed by atoms with Crippen molar-refractivity contribution in [1.29, 1.82) is 0 Å². The number of carbonyl (C=O) groups excluding carboxylic acids is 3. The summed E-state index contributed by atoms with van der Waals surface area (Å²) in [4.78, 5) is 38.8. The SMILES string of the molecule is CCOC(=O)c1sc2cccc(F)c2c1COC(=O)C1CSC2(C)CCC(=O)N12. The fourth-order valence-corrected chi connectivity index (χ4v) is 6.43. The average Bonchev–Trinajstić information content (AvgIpc) is 3.32. The van der Waals surface area contributed by atoms with Crippen molar-refractivity contribution in [1.82, 2.24) is 4.90 Å². The molecule has 0 aliphatic carbocycles. The van der Waals surface area contributed by atoms with Crippen LogP contribution in [0, 0.1) is 5.82 Å². The Bertz CT molecular complexity index is 1010. The van der Waals surface area contributed by atoms with Crippen LogP contribution < -0.4 is 0 Å². The molecule has 154 valence electrons. The maximum atomic E-state index is 14.5. The van der Waals surface area contributed by atoms with Gasteiger partial charge in [-0.2, -0.15) is 0 Å². The summed E-state index contributed by atoms with van der Waals surface area (Å²) < 4.78 is 25.6. The molecular formula is C20H20FNO5S2. The van der Waals surface area contributed by atoms with Crippen LogP contribution >= 0.6 is 23.1 Å². The van der Waals surface area contributed by atoms with Crippen LogP contribution in [0.3, 0.4) is 0 Å². The van der Waals surface area contributed by atoms with Crippen LogP contribution in [-0.2, 0) is 25.7 Å². The highest BCUT2D eigenvalue weighted by atomic mass is 32.2. The predicted octanol–water partition coefficient (Wildman–Crippen LogP) is 3.71. The molecule has 9 heteroatoms. The summed E-state index contributed by atoms with van der Waals surface area (Å²) in [7, 11) is 0. The number of ether oxygens (including phenoxy) is 2. The minimum Gasteiger partial charge on any atom is -0.462 e. The first kappa shape index (κ1) is 20.2. The number of thiophene rings is 1. The Kier molecular flexibility index (Phi) is 5.29. The molecule has 2 saturated heterocycles. The van der Waals surface area contributed by atoms with Gasteiger partial charge in [-0.1, -0.05) is 6.07 Å². The van der Waals surface area contributed by atoms with Crippen molar-refractivity contribution in [3.63, 3.8) is 0 Å². The number of amides is 1. The zero-order valence-electron chi connectivity index (χ0n) is 16.0. The zero-order valence-corrected chi connectivity index (χ0v) is 17.7. The van der Waals surface area contributed by atoms with E-state index in [9.17, 15) is 18.8 Å². The van der Waals surface area contributed by atoms with Crippen molar-refractivity contribution in [3.8, 4) is 0 Å². The van der Waals surface area contributed by atoms with E-state index in [4.69, 9.17) is 9.47 Å². The molecule has 0 radical (unpaired) electrons. The first-order chi connectivity index (χ1) is 13.9. The molecule has 0 N–H and O–H groups in total. The molecule has 2 aliphatic rings. The minimum absolute atomic E-state index is 0.0568. The molecular weight excluding hydrogens is 417 g/mol. The number of nitrogens with zero attached hydrogens (tertiary/aromatic N) is 1. The summed E-state index contributed by atoms with van der Waals surface area (Å²) >= 11 is 2.68. The second-order valence-electron chi connectivity index (χ2n) is 7.12. The highest BCUT2D eigenvalue weighted by Gasteiger charge is 2.53. The molecule has 1 aromatic heterocycles. The van der Waals surface area contributed by atoms with Crippen molar-refractivity contribution in [3.05, 3.63) is 34.5 Å². The van der Waals surface area contributed by atoms with Gasteiger partial charge in [0, 0.05) is 27.8 Å². The van der Waals surface area contributed by atoms with Gasteiger partial charge >= 0.3 is 11.9 Å². The fraction of sp³-hybridized carbons (Fsp3) is 0.450. The molecule has 2 aromatic rings. The van der Waals surface area contributed by atoms with E-state index in [1.54, 1.807) is 35.7 Å². The summed E-state index contributed by atoms with van der Waals surface area (Å²) in [5.41, 5.74) is 0.302. The summed E-state index contributed by atoms with van der Waals surface area (Å²) in [6, 6.07) is 3.91. The van der Waals surface area contributed by atoms with Crippen molar-refractivity contribution >= 4 is 51.0 Å². The van der Waals surface area contributed by atoms with Crippen molar-refractivity contribution in [2.75, 3.05) is 12.4 Å². The number of fused-ring (bicyclic) bond motifs is 2. The summed E-state index contributed by atoms with van der Waals surface area (Å²) in [6.07, 6.45) is 1.12. The third-order valence-corrected chi connectivity index (χ3v) is 7.98. The van der Waals surface area contributed by atoms with E-state index in [1.807, 2.05) is 6.92 Å². The van der Waals surface area contributed by atoms with Gasteiger partial charge < -0.3 is 14.4 Å². The Morgan fingerprint density at radius 1 is 1.34 bits per heavy atom. The lowest BCUT2D eigenvalue weighted by Crippen LogP contribution is -2.46. The van der Waals surface area contributed by atoms with Crippen LogP contribution in [0.25, 0.3) is 10.1 Å². The first-order valence-electron chi connectivity index (χ1n) is 9.35. The molecule has 2 fully saturated rings. The van der Waals surface area contributed by atoms with Gasteiger partial charge in [0.15, 0.2) is 0 Å². The molecule has 29 heavy (non-hydrogen) atoms. The number of thioether (sulfide) groups is 1. The molecule has 1 aromatic carbocycles. The number of hydrogen-bond acceptors (Lipinski definition) is 7. The summed E-state index contributed by atoms with van der Waals surface area (Å²) in [5, 5.41) is 0.260. The third kappa shape index (κ3) is 3.40. The van der Waals surface area contributed by atoms with Gasteiger partial charge in [-0.25, -0.2) is 14.0 Å². The standard InChI is InChI=1S/C20H20FNO5S2/c1-3-26-19(25)17-11(16-12(21)5-4-6-14(16)29-17)9-27-18(24)13-10-28-20(2)8-7-15(23)22(13)20/h4-6,13H,3,7-10H2,1-2H3. The lowest BCUT2D eigenvalue weighted by molar-refractivity contribution is -0.154. The largest absolute Gasteiger partial charge is 0.462 e. The quantitative estimate of drug-likeness (QED) is 0.664. The van der Waals surface area contributed by atoms with Crippen LogP contribution in [0.2, 0.25) is 0 Å². The molecule has 3 heterocycles. The zero-order chi connectivity index (χ0) is 20.8.